The van der Waals surface area contributed by atoms with Gasteiger partial charge in [-0.2, -0.15) is 0 Å². The highest BCUT2D eigenvalue weighted by molar-refractivity contribution is 7.80. The summed E-state index contributed by atoms with van der Waals surface area (Å²) in [4.78, 5) is 0. The predicted molar refractivity (Wildman–Crippen MR) is 62.9 cm³/mol. The van der Waals surface area contributed by atoms with Crippen molar-refractivity contribution in [1.82, 2.24) is 10.7 Å². The lowest BCUT2D eigenvalue weighted by Crippen LogP contribution is -2.40. The highest BCUT2D eigenvalue weighted by Gasteiger charge is 2.05. The van der Waals surface area contributed by atoms with Crippen molar-refractivity contribution in [3.8, 4) is 0 Å². The number of hydrogen-bond donors (Lipinski definition) is 3. The molecule has 0 saturated heterocycles. The Labute approximate surface area is 93.6 Å². The van der Waals surface area contributed by atoms with Gasteiger partial charge in [-0.15, -0.1) is 0 Å². The third-order valence-corrected chi connectivity index (χ3v) is 2.34. The smallest absolute Gasteiger partial charge is 0.181 e. The monoisotopic (exact) mass is 229 g/mol. The van der Waals surface area contributed by atoms with Gasteiger partial charge in [0.1, 0.15) is 0 Å². The van der Waals surface area contributed by atoms with Crippen molar-refractivity contribution in [2.24, 2.45) is 5.84 Å². The molecule has 0 amide bonds. The van der Waals surface area contributed by atoms with Crippen LogP contribution in [-0.2, 0) is 0 Å². The SMILES string of the molecule is CC(NC(=S)NN)c1ccc(Cl)cc1. The van der Waals surface area contributed by atoms with Crippen molar-refractivity contribution in [3.05, 3.63) is 34.9 Å². The van der Waals surface area contributed by atoms with Gasteiger partial charge in [0.25, 0.3) is 0 Å². The number of thiocarbonyl (C=S) groups is 1. The van der Waals surface area contributed by atoms with Crippen LogP contribution in [0.1, 0.15) is 18.5 Å². The molecule has 1 unspecified atom stereocenters. The van der Waals surface area contributed by atoms with Crippen LogP contribution in [0.25, 0.3) is 0 Å². The third kappa shape index (κ3) is 3.14. The highest BCUT2D eigenvalue weighted by Crippen LogP contribution is 2.15. The fourth-order valence-electron chi connectivity index (χ4n) is 1.07. The molecule has 1 rings (SSSR count). The minimum Gasteiger partial charge on any atom is -0.355 e. The number of rotatable bonds is 2. The van der Waals surface area contributed by atoms with Gasteiger partial charge < -0.3 is 10.7 Å². The predicted octanol–water partition coefficient (Wildman–Crippen LogP) is 1.74. The number of hydrogen-bond acceptors (Lipinski definition) is 2. The molecule has 0 saturated carbocycles. The normalized spacial score (nSPS) is 11.9. The Balaban J connectivity index is 2.65. The van der Waals surface area contributed by atoms with Gasteiger partial charge in [0.15, 0.2) is 5.11 Å². The first kappa shape index (κ1) is 11.2. The van der Waals surface area contributed by atoms with E-state index in [1.165, 1.54) is 0 Å². The molecule has 0 fully saturated rings. The molecule has 1 aromatic rings. The topological polar surface area (TPSA) is 50.1 Å². The molecular weight excluding hydrogens is 218 g/mol. The Kier molecular flexibility index (Phi) is 4.13. The zero-order valence-corrected chi connectivity index (χ0v) is 9.32. The molecule has 1 aromatic carbocycles. The maximum absolute atomic E-state index is 5.77. The van der Waals surface area contributed by atoms with Crippen LogP contribution < -0.4 is 16.6 Å². The van der Waals surface area contributed by atoms with Gasteiger partial charge in [-0.25, -0.2) is 5.84 Å². The molecule has 0 spiro atoms. The van der Waals surface area contributed by atoms with Gasteiger partial charge in [0.05, 0.1) is 6.04 Å². The number of benzene rings is 1. The van der Waals surface area contributed by atoms with Crippen LogP contribution in [0.4, 0.5) is 0 Å². The number of nitrogens with one attached hydrogen (secondary N) is 2. The summed E-state index contributed by atoms with van der Waals surface area (Å²) in [5.74, 6) is 5.15. The summed E-state index contributed by atoms with van der Waals surface area (Å²) in [5, 5.41) is 4.16. The standard InChI is InChI=1S/C9H12ClN3S/c1-6(12-9(14)13-11)7-2-4-8(10)5-3-7/h2-6H,11H2,1H3,(H2,12,13,14). The number of halogens is 1. The van der Waals surface area contributed by atoms with Crippen LogP contribution in [0.2, 0.25) is 5.02 Å². The largest absolute Gasteiger partial charge is 0.355 e. The Morgan fingerprint density at radius 1 is 1.43 bits per heavy atom. The summed E-state index contributed by atoms with van der Waals surface area (Å²) in [5.41, 5.74) is 3.47. The van der Waals surface area contributed by atoms with Crippen molar-refractivity contribution in [1.29, 1.82) is 0 Å². The lowest BCUT2D eigenvalue weighted by atomic mass is 10.1. The number of hydrazine groups is 1. The minimum atomic E-state index is 0.107. The first-order valence-electron chi connectivity index (χ1n) is 4.16. The van der Waals surface area contributed by atoms with Crippen LogP contribution in [0.3, 0.4) is 0 Å². The van der Waals surface area contributed by atoms with Crippen molar-refractivity contribution >= 4 is 28.9 Å². The van der Waals surface area contributed by atoms with E-state index in [1.807, 2.05) is 31.2 Å². The summed E-state index contributed by atoms with van der Waals surface area (Å²) >= 11 is 10.7. The van der Waals surface area contributed by atoms with Crippen molar-refractivity contribution in [3.63, 3.8) is 0 Å². The highest BCUT2D eigenvalue weighted by atomic mass is 35.5. The Morgan fingerprint density at radius 3 is 2.50 bits per heavy atom. The molecule has 0 aromatic heterocycles. The average molecular weight is 230 g/mol. The van der Waals surface area contributed by atoms with Crippen LogP contribution >= 0.6 is 23.8 Å². The number of nitrogens with two attached hydrogens (primary N) is 1. The van der Waals surface area contributed by atoms with Crippen LogP contribution in [0.15, 0.2) is 24.3 Å². The first-order valence-corrected chi connectivity index (χ1v) is 4.94. The van der Waals surface area contributed by atoms with Gasteiger partial charge >= 0.3 is 0 Å². The molecular formula is C9H12ClN3S. The molecule has 14 heavy (non-hydrogen) atoms. The lowest BCUT2D eigenvalue weighted by Gasteiger charge is -2.15. The molecule has 0 aliphatic heterocycles. The molecule has 0 bridgehead atoms. The van der Waals surface area contributed by atoms with Crippen LogP contribution in [-0.4, -0.2) is 5.11 Å². The van der Waals surface area contributed by atoms with E-state index in [1.54, 1.807) is 0 Å². The Morgan fingerprint density at radius 2 is 2.00 bits per heavy atom. The molecule has 4 N–H and O–H groups in total. The van der Waals surface area contributed by atoms with Crippen molar-refractivity contribution in [2.75, 3.05) is 0 Å². The summed E-state index contributed by atoms with van der Waals surface area (Å²) in [6, 6.07) is 7.68. The maximum atomic E-state index is 5.77. The molecule has 0 radical (unpaired) electrons. The fourth-order valence-corrected chi connectivity index (χ4v) is 1.38. The van der Waals surface area contributed by atoms with Gasteiger partial charge in [-0.1, -0.05) is 23.7 Å². The first-order chi connectivity index (χ1) is 6.63. The van der Waals surface area contributed by atoms with Gasteiger partial charge in [-0.05, 0) is 36.8 Å². The second-order valence-electron chi connectivity index (χ2n) is 2.89. The fraction of sp³-hybridized carbons (Fsp3) is 0.222. The molecule has 0 aliphatic rings. The van der Waals surface area contributed by atoms with E-state index in [-0.39, 0.29) is 6.04 Å². The summed E-state index contributed by atoms with van der Waals surface area (Å²) in [7, 11) is 0. The van der Waals surface area contributed by atoms with Crippen molar-refractivity contribution in [2.45, 2.75) is 13.0 Å². The Bertz CT molecular complexity index is 312. The van der Waals surface area contributed by atoms with Crippen LogP contribution in [0, 0.1) is 0 Å². The van der Waals surface area contributed by atoms with E-state index in [2.05, 4.69) is 10.7 Å². The van der Waals surface area contributed by atoms with E-state index in [4.69, 9.17) is 29.7 Å². The zero-order valence-electron chi connectivity index (χ0n) is 7.75. The Hall–Kier alpha value is -0.840. The minimum absolute atomic E-state index is 0.107. The maximum Gasteiger partial charge on any atom is 0.181 e. The zero-order chi connectivity index (χ0) is 10.6. The molecule has 76 valence electrons. The third-order valence-electron chi connectivity index (χ3n) is 1.85. The quantitative estimate of drug-likeness (QED) is 0.411. The van der Waals surface area contributed by atoms with Crippen LogP contribution in [0.5, 0.6) is 0 Å². The second kappa shape index (κ2) is 5.14. The molecule has 1 atom stereocenters. The van der Waals surface area contributed by atoms with E-state index < -0.39 is 0 Å². The average Bonchev–Trinajstić information content (AvgIpc) is 2.18. The van der Waals surface area contributed by atoms with Gasteiger partial charge in [0, 0.05) is 5.02 Å². The van der Waals surface area contributed by atoms with E-state index in [9.17, 15) is 0 Å². The molecule has 0 aliphatic carbocycles. The second-order valence-corrected chi connectivity index (χ2v) is 3.74. The van der Waals surface area contributed by atoms with E-state index in [0.29, 0.717) is 5.11 Å². The van der Waals surface area contributed by atoms with Crippen molar-refractivity contribution < 1.29 is 0 Å². The molecule has 0 heterocycles. The summed E-state index contributed by atoms with van der Waals surface area (Å²) in [6.07, 6.45) is 0. The van der Waals surface area contributed by atoms with Gasteiger partial charge in [0.2, 0.25) is 0 Å². The lowest BCUT2D eigenvalue weighted by molar-refractivity contribution is 0.703. The summed E-state index contributed by atoms with van der Waals surface area (Å²) in [6.45, 7) is 1.99. The van der Waals surface area contributed by atoms with E-state index >= 15 is 0 Å². The van der Waals surface area contributed by atoms with E-state index in [0.717, 1.165) is 10.6 Å². The molecule has 3 nitrogen and oxygen atoms in total. The molecule has 5 heteroatoms. The summed E-state index contributed by atoms with van der Waals surface area (Å²) < 4.78 is 0. The van der Waals surface area contributed by atoms with Gasteiger partial charge in [-0.3, -0.25) is 0 Å².